The Kier molecular flexibility index (Phi) is 2.50. The van der Waals surface area contributed by atoms with E-state index in [0.29, 0.717) is 11.3 Å². The van der Waals surface area contributed by atoms with Crippen molar-refractivity contribution in [3.8, 4) is 0 Å². The molecule has 1 rings (SSSR count). The van der Waals surface area contributed by atoms with Crippen LogP contribution >= 0.6 is 11.3 Å². The number of sulfone groups is 1. The van der Waals surface area contributed by atoms with E-state index in [1.165, 1.54) is 0 Å². The lowest BCUT2D eigenvalue weighted by molar-refractivity contribution is 0.485. The first-order valence-corrected chi connectivity index (χ1v) is 7.13. The van der Waals surface area contributed by atoms with Crippen LogP contribution in [-0.2, 0) is 20.0 Å². The quantitative estimate of drug-likeness (QED) is 0.758. The largest absolute Gasteiger partial charge is 0.304 e. The van der Waals surface area contributed by atoms with Gasteiger partial charge in [0.25, 0.3) is 0 Å². The van der Waals surface area contributed by atoms with Gasteiger partial charge in [-0.15, -0.1) is 11.3 Å². The number of thiophene rings is 1. The van der Waals surface area contributed by atoms with Crippen molar-refractivity contribution >= 4 is 31.3 Å². The SMILES string of the molecule is CS(=O)(=O)c1ccc(S(=O)(=O)O)s1. The van der Waals surface area contributed by atoms with E-state index >= 15 is 0 Å². The summed E-state index contributed by atoms with van der Waals surface area (Å²) in [5.74, 6) is 0. The van der Waals surface area contributed by atoms with E-state index in [0.717, 1.165) is 18.4 Å². The van der Waals surface area contributed by atoms with E-state index in [9.17, 15) is 16.8 Å². The van der Waals surface area contributed by atoms with Crippen LogP contribution in [0.3, 0.4) is 0 Å². The molecule has 0 saturated carbocycles. The molecule has 0 saturated heterocycles. The molecule has 8 heteroatoms. The van der Waals surface area contributed by atoms with Crippen LogP contribution in [0, 0.1) is 0 Å². The summed E-state index contributed by atoms with van der Waals surface area (Å²) in [5, 5.41) is 0. The van der Waals surface area contributed by atoms with Crippen molar-refractivity contribution in [2.24, 2.45) is 0 Å². The first-order valence-electron chi connectivity index (χ1n) is 2.98. The summed E-state index contributed by atoms with van der Waals surface area (Å²) in [7, 11) is -7.69. The maximum absolute atomic E-state index is 10.9. The molecule has 0 atom stereocenters. The molecule has 0 spiro atoms. The average molecular weight is 242 g/mol. The van der Waals surface area contributed by atoms with Gasteiger partial charge in [0.15, 0.2) is 9.84 Å². The van der Waals surface area contributed by atoms with Gasteiger partial charge in [-0.3, -0.25) is 4.55 Å². The molecule has 0 aliphatic heterocycles. The Morgan fingerprint density at radius 1 is 1.15 bits per heavy atom. The van der Waals surface area contributed by atoms with E-state index in [1.807, 2.05) is 0 Å². The third kappa shape index (κ3) is 2.50. The average Bonchev–Trinajstić information content (AvgIpc) is 2.28. The normalized spacial score (nSPS) is 13.1. The third-order valence-electron chi connectivity index (χ3n) is 1.18. The van der Waals surface area contributed by atoms with Crippen molar-refractivity contribution in [3.63, 3.8) is 0 Å². The Bertz CT molecular complexity index is 460. The monoisotopic (exact) mass is 242 g/mol. The van der Waals surface area contributed by atoms with Gasteiger partial charge in [-0.1, -0.05) is 0 Å². The zero-order valence-corrected chi connectivity index (χ0v) is 8.91. The van der Waals surface area contributed by atoms with Crippen LogP contribution in [0.2, 0.25) is 0 Å². The highest BCUT2D eigenvalue weighted by Crippen LogP contribution is 2.24. The Labute approximate surface area is 79.7 Å². The molecule has 0 bridgehead atoms. The van der Waals surface area contributed by atoms with Gasteiger partial charge in [0.2, 0.25) is 0 Å². The van der Waals surface area contributed by atoms with Crippen LogP contribution in [-0.4, -0.2) is 27.6 Å². The summed E-state index contributed by atoms with van der Waals surface area (Å²) in [4.78, 5) is 0. The highest BCUT2D eigenvalue weighted by atomic mass is 32.3. The molecular weight excluding hydrogens is 236 g/mol. The van der Waals surface area contributed by atoms with E-state index < -0.39 is 20.0 Å². The predicted octanol–water partition coefficient (Wildman–Crippen LogP) is 0.398. The van der Waals surface area contributed by atoms with Gasteiger partial charge in [0, 0.05) is 6.26 Å². The van der Waals surface area contributed by atoms with E-state index in [1.54, 1.807) is 0 Å². The molecule has 0 aliphatic rings. The molecule has 0 amide bonds. The summed E-state index contributed by atoms with van der Waals surface area (Å²) in [6.07, 6.45) is 0.965. The molecule has 0 radical (unpaired) electrons. The zero-order valence-electron chi connectivity index (χ0n) is 6.46. The molecule has 0 aromatic carbocycles. The molecule has 74 valence electrons. The maximum atomic E-state index is 10.9. The number of hydrogen-bond acceptors (Lipinski definition) is 5. The van der Waals surface area contributed by atoms with Crippen LogP contribution in [0.25, 0.3) is 0 Å². The van der Waals surface area contributed by atoms with Crippen molar-refractivity contribution in [1.82, 2.24) is 0 Å². The summed E-state index contributed by atoms with van der Waals surface area (Å²) in [6.45, 7) is 0. The fraction of sp³-hybridized carbons (Fsp3) is 0.200. The van der Waals surface area contributed by atoms with Gasteiger partial charge in [-0.25, -0.2) is 8.42 Å². The van der Waals surface area contributed by atoms with Gasteiger partial charge in [-0.2, -0.15) is 8.42 Å². The summed E-state index contributed by atoms with van der Waals surface area (Å²) in [5.41, 5.74) is 0. The van der Waals surface area contributed by atoms with Crippen molar-refractivity contribution in [3.05, 3.63) is 12.1 Å². The Hall–Kier alpha value is -0.440. The first-order chi connectivity index (χ1) is 5.71. The molecular formula is C5H6O5S3. The molecule has 1 N–H and O–H groups in total. The fourth-order valence-electron chi connectivity index (χ4n) is 0.641. The molecule has 13 heavy (non-hydrogen) atoms. The lowest BCUT2D eigenvalue weighted by atomic mass is 10.7. The summed E-state index contributed by atoms with van der Waals surface area (Å²) < 4.78 is 51.0. The van der Waals surface area contributed by atoms with Crippen LogP contribution < -0.4 is 0 Å². The van der Waals surface area contributed by atoms with Gasteiger partial charge < -0.3 is 0 Å². The summed E-state index contributed by atoms with van der Waals surface area (Å²) >= 11 is 0.521. The van der Waals surface area contributed by atoms with Crippen LogP contribution in [0.5, 0.6) is 0 Å². The zero-order chi connectivity index (χ0) is 10.3. The maximum Gasteiger partial charge on any atom is 0.304 e. The van der Waals surface area contributed by atoms with Gasteiger partial charge >= 0.3 is 10.1 Å². The van der Waals surface area contributed by atoms with Crippen LogP contribution in [0.15, 0.2) is 20.6 Å². The lowest BCUT2D eigenvalue weighted by Crippen LogP contribution is -1.94. The summed E-state index contributed by atoms with van der Waals surface area (Å²) in [6, 6.07) is 2.19. The smallest absolute Gasteiger partial charge is 0.281 e. The van der Waals surface area contributed by atoms with Gasteiger partial charge in [0.1, 0.15) is 8.42 Å². The molecule has 5 nitrogen and oxygen atoms in total. The van der Waals surface area contributed by atoms with Crippen molar-refractivity contribution in [1.29, 1.82) is 0 Å². The molecule has 0 unspecified atom stereocenters. The third-order valence-corrected chi connectivity index (χ3v) is 5.40. The van der Waals surface area contributed by atoms with Crippen LogP contribution in [0.1, 0.15) is 0 Å². The van der Waals surface area contributed by atoms with Crippen molar-refractivity contribution < 1.29 is 21.4 Å². The lowest BCUT2D eigenvalue weighted by Gasteiger charge is -1.89. The minimum absolute atomic E-state index is 0.0832. The molecule has 0 aliphatic carbocycles. The second-order valence-corrected chi connectivity index (χ2v) is 7.30. The van der Waals surface area contributed by atoms with E-state index in [4.69, 9.17) is 4.55 Å². The first kappa shape index (κ1) is 10.6. The second kappa shape index (κ2) is 3.05. The van der Waals surface area contributed by atoms with Crippen molar-refractivity contribution in [2.75, 3.05) is 6.26 Å². The molecule has 1 aromatic heterocycles. The minimum atomic E-state index is -4.29. The Morgan fingerprint density at radius 3 is 1.85 bits per heavy atom. The van der Waals surface area contributed by atoms with Crippen LogP contribution in [0.4, 0.5) is 0 Å². The Morgan fingerprint density at radius 2 is 1.62 bits per heavy atom. The van der Waals surface area contributed by atoms with E-state index in [2.05, 4.69) is 0 Å². The standard InChI is InChI=1S/C5H6O5S3/c1-12(6,7)4-2-3-5(11-4)13(8,9)10/h2-3H,1H3,(H,8,9,10). The van der Waals surface area contributed by atoms with Gasteiger partial charge in [-0.05, 0) is 12.1 Å². The highest BCUT2D eigenvalue weighted by molar-refractivity contribution is 7.93. The van der Waals surface area contributed by atoms with Gasteiger partial charge in [0.05, 0.1) is 0 Å². The second-order valence-electron chi connectivity index (χ2n) is 2.32. The van der Waals surface area contributed by atoms with Crippen molar-refractivity contribution in [2.45, 2.75) is 8.42 Å². The fourth-order valence-corrected chi connectivity index (χ4v) is 3.39. The molecule has 1 heterocycles. The topological polar surface area (TPSA) is 88.5 Å². The van der Waals surface area contributed by atoms with E-state index in [-0.39, 0.29) is 8.42 Å². The number of hydrogen-bond donors (Lipinski definition) is 1. The molecule has 0 fully saturated rings. The minimum Gasteiger partial charge on any atom is -0.281 e. The Balaban J connectivity index is 3.32. The molecule has 1 aromatic rings. The number of rotatable bonds is 2. The highest BCUT2D eigenvalue weighted by Gasteiger charge is 2.17. The predicted molar refractivity (Wildman–Crippen MR) is 47.2 cm³/mol.